The molecule has 0 bridgehead atoms. The molecule has 0 spiro atoms. The Hall–Kier alpha value is -1.83. The number of hydrogen-bond acceptors (Lipinski definition) is 6. The molecule has 0 fully saturated rings. The van der Waals surface area contributed by atoms with Crippen LogP contribution in [-0.4, -0.2) is 26.1 Å². The third-order valence-corrected chi connectivity index (χ3v) is 2.75. The summed E-state index contributed by atoms with van der Waals surface area (Å²) in [7, 11) is 0. The summed E-state index contributed by atoms with van der Waals surface area (Å²) in [6.07, 6.45) is 3.22. The highest BCUT2D eigenvalue weighted by molar-refractivity contribution is 9.10. The van der Waals surface area contributed by atoms with Crippen LogP contribution in [0.2, 0.25) is 0 Å². The number of nitrogens with zero attached hydrogens (tertiary/aromatic N) is 4. The van der Waals surface area contributed by atoms with Crippen molar-refractivity contribution in [2.45, 2.75) is 32.7 Å². The van der Waals surface area contributed by atoms with Gasteiger partial charge in [-0.3, -0.25) is 4.79 Å². The minimum atomic E-state index is -0.445. The molecule has 1 amide bonds. The number of rotatable bonds is 3. The SMILES string of the molecule is CC(C)(C)c1nnc(C(=O)NCc2ncc(Br)cn2)o1. The zero-order chi connectivity index (χ0) is 14.8. The quantitative estimate of drug-likeness (QED) is 0.916. The Balaban J connectivity index is 1.98. The monoisotopic (exact) mass is 339 g/mol. The van der Waals surface area contributed by atoms with Crippen molar-refractivity contribution in [1.82, 2.24) is 25.5 Å². The lowest BCUT2D eigenvalue weighted by molar-refractivity contribution is 0.0911. The van der Waals surface area contributed by atoms with Gasteiger partial charge in [0, 0.05) is 17.8 Å². The van der Waals surface area contributed by atoms with Crippen molar-refractivity contribution < 1.29 is 9.21 Å². The van der Waals surface area contributed by atoms with Crippen molar-refractivity contribution in [3.8, 4) is 0 Å². The van der Waals surface area contributed by atoms with Crippen LogP contribution in [0.3, 0.4) is 0 Å². The number of hydrogen-bond donors (Lipinski definition) is 1. The van der Waals surface area contributed by atoms with Crippen LogP contribution in [0, 0.1) is 0 Å². The maximum Gasteiger partial charge on any atom is 0.309 e. The number of aromatic nitrogens is 4. The number of carbonyl (C=O) groups is 1. The average molecular weight is 340 g/mol. The van der Waals surface area contributed by atoms with Crippen molar-refractivity contribution in [1.29, 1.82) is 0 Å². The van der Waals surface area contributed by atoms with Crippen molar-refractivity contribution in [3.05, 3.63) is 34.5 Å². The Morgan fingerprint density at radius 1 is 1.30 bits per heavy atom. The molecule has 0 aliphatic heterocycles. The topological polar surface area (TPSA) is 93.8 Å². The molecule has 2 rings (SSSR count). The van der Waals surface area contributed by atoms with Crippen LogP contribution in [0.25, 0.3) is 0 Å². The summed E-state index contributed by atoms with van der Waals surface area (Å²) in [5.41, 5.74) is -0.291. The van der Waals surface area contributed by atoms with Crippen LogP contribution < -0.4 is 5.32 Å². The van der Waals surface area contributed by atoms with Gasteiger partial charge in [-0.2, -0.15) is 0 Å². The highest BCUT2D eigenvalue weighted by Crippen LogP contribution is 2.20. The van der Waals surface area contributed by atoms with E-state index >= 15 is 0 Å². The van der Waals surface area contributed by atoms with E-state index in [-0.39, 0.29) is 17.9 Å². The summed E-state index contributed by atoms with van der Waals surface area (Å²) >= 11 is 3.24. The van der Waals surface area contributed by atoms with Crippen molar-refractivity contribution in [2.24, 2.45) is 0 Å². The van der Waals surface area contributed by atoms with Gasteiger partial charge in [0.25, 0.3) is 0 Å². The smallest absolute Gasteiger partial charge is 0.309 e. The molecular weight excluding hydrogens is 326 g/mol. The van der Waals surface area contributed by atoms with Gasteiger partial charge in [0.05, 0.1) is 11.0 Å². The van der Waals surface area contributed by atoms with E-state index in [1.807, 2.05) is 20.8 Å². The third-order valence-electron chi connectivity index (χ3n) is 2.34. The number of amides is 1. The summed E-state index contributed by atoms with van der Waals surface area (Å²) in [4.78, 5) is 20.0. The Bertz CT molecular complexity index is 603. The molecule has 106 valence electrons. The summed E-state index contributed by atoms with van der Waals surface area (Å²) < 4.78 is 6.11. The molecule has 0 unspecified atom stereocenters. The Morgan fingerprint density at radius 3 is 2.50 bits per heavy atom. The van der Waals surface area contributed by atoms with Gasteiger partial charge in [-0.25, -0.2) is 9.97 Å². The van der Waals surface area contributed by atoms with Gasteiger partial charge >= 0.3 is 11.8 Å². The van der Waals surface area contributed by atoms with E-state index in [0.717, 1.165) is 4.47 Å². The first kappa shape index (κ1) is 14.6. The molecule has 20 heavy (non-hydrogen) atoms. The first-order chi connectivity index (χ1) is 9.36. The second-order valence-corrected chi connectivity index (χ2v) is 6.08. The van der Waals surface area contributed by atoms with E-state index < -0.39 is 5.91 Å². The molecule has 0 aliphatic carbocycles. The number of carbonyl (C=O) groups excluding carboxylic acids is 1. The lowest BCUT2D eigenvalue weighted by atomic mass is 9.97. The highest BCUT2D eigenvalue weighted by Gasteiger charge is 2.23. The Labute approximate surface area is 124 Å². The van der Waals surface area contributed by atoms with Crippen molar-refractivity contribution >= 4 is 21.8 Å². The highest BCUT2D eigenvalue weighted by atomic mass is 79.9. The van der Waals surface area contributed by atoms with Gasteiger partial charge in [-0.1, -0.05) is 20.8 Å². The maximum absolute atomic E-state index is 11.9. The molecule has 0 aliphatic rings. The summed E-state index contributed by atoms with van der Waals surface area (Å²) in [6.45, 7) is 5.98. The zero-order valence-corrected chi connectivity index (χ0v) is 12.9. The summed E-state index contributed by atoms with van der Waals surface area (Å²) in [5, 5.41) is 10.2. The Morgan fingerprint density at radius 2 is 1.95 bits per heavy atom. The molecule has 0 radical (unpaired) electrons. The number of nitrogens with one attached hydrogen (secondary N) is 1. The van der Waals surface area contributed by atoms with E-state index in [1.165, 1.54) is 0 Å². The molecule has 7 nitrogen and oxygen atoms in total. The minimum Gasteiger partial charge on any atom is -0.416 e. The van der Waals surface area contributed by atoms with Gasteiger partial charge < -0.3 is 9.73 Å². The van der Waals surface area contributed by atoms with Crippen LogP contribution in [0.4, 0.5) is 0 Å². The van der Waals surface area contributed by atoms with Crippen LogP contribution >= 0.6 is 15.9 Å². The molecule has 2 heterocycles. The largest absolute Gasteiger partial charge is 0.416 e. The van der Waals surface area contributed by atoms with Crippen LogP contribution in [-0.2, 0) is 12.0 Å². The molecule has 8 heteroatoms. The van der Waals surface area contributed by atoms with Crippen LogP contribution in [0.5, 0.6) is 0 Å². The normalized spacial score (nSPS) is 11.4. The van der Waals surface area contributed by atoms with E-state index in [9.17, 15) is 4.79 Å². The fraction of sp³-hybridized carbons (Fsp3) is 0.417. The van der Waals surface area contributed by atoms with Gasteiger partial charge in [0.2, 0.25) is 5.89 Å². The molecule has 0 atom stereocenters. The summed E-state index contributed by atoms with van der Waals surface area (Å²) in [6, 6.07) is 0. The van der Waals surface area contributed by atoms with E-state index in [4.69, 9.17) is 4.42 Å². The lowest BCUT2D eigenvalue weighted by Crippen LogP contribution is -2.24. The second-order valence-electron chi connectivity index (χ2n) is 5.16. The molecule has 0 saturated heterocycles. The molecule has 0 aromatic carbocycles. The molecule has 2 aromatic heterocycles. The van der Waals surface area contributed by atoms with E-state index in [0.29, 0.717) is 11.7 Å². The average Bonchev–Trinajstić information content (AvgIpc) is 2.87. The molecule has 0 saturated carbocycles. The standard InChI is InChI=1S/C12H14BrN5O2/c1-12(2,3)11-18-17-10(20-11)9(19)16-6-8-14-4-7(13)5-15-8/h4-5H,6H2,1-3H3,(H,16,19). The van der Waals surface area contributed by atoms with E-state index in [1.54, 1.807) is 12.4 Å². The molecular formula is C12H14BrN5O2. The zero-order valence-electron chi connectivity index (χ0n) is 11.3. The second kappa shape index (κ2) is 5.66. The lowest BCUT2D eigenvalue weighted by Gasteiger charge is -2.10. The Kier molecular flexibility index (Phi) is 4.12. The van der Waals surface area contributed by atoms with Crippen molar-refractivity contribution in [3.63, 3.8) is 0 Å². The fourth-order valence-electron chi connectivity index (χ4n) is 1.28. The fourth-order valence-corrected chi connectivity index (χ4v) is 1.49. The third kappa shape index (κ3) is 3.60. The predicted octanol–water partition coefficient (Wildman–Crippen LogP) is 1.85. The molecule has 1 N–H and O–H groups in total. The summed E-state index contributed by atoms with van der Waals surface area (Å²) in [5.74, 6) is 0.409. The van der Waals surface area contributed by atoms with Gasteiger partial charge in [0.15, 0.2) is 0 Å². The van der Waals surface area contributed by atoms with Gasteiger partial charge in [-0.05, 0) is 15.9 Å². The first-order valence-electron chi connectivity index (χ1n) is 5.95. The van der Waals surface area contributed by atoms with Gasteiger partial charge in [-0.15, -0.1) is 10.2 Å². The molecule has 2 aromatic rings. The van der Waals surface area contributed by atoms with E-state index in [2.05, 4.69) is 41.4 Å². The van der Waals surface area contributed by atoms with Crippen LogP contribution in [0.1, 0.15) is 43.2 Å². The predicted molar refractivity (Wildman–Crippen MR) is 73.9 cm³/mol. The first-order valence-corrected chi connectivity index (χ1v) is 6.74. The maximum atomic E-state index is 11.9. The van der Waals surface area contributed by atoms with Gasteiger partial charge in [0.1, 0.15) is 5.82 Å². The van der Waals surface area contributed by atoms with Crippen molar-refractivity contribution in [2.75, 3.05) is 0 Å². The minimum absolute atomic E-state index is 0.0629. The number of halogens is 1. The van der Waals surface area contributed by atoms with Crippen LogP contribution in [0.15, 0.2) is 21.3 Å².